The van der Waals surface area contributed by atoms with Crippen molar-refractivity contribution in [1.82, 2.24) is 0 Å². The smallest absolute Gasteiger partial charge is 0.00961 e. The first-order valence-corrected chi connectivity index (χ1v) is 4.56. The van der Waals surface area contributed by atoms with Gasteiger partial charge in [-0.2, -0.15) is 25.3 Å². The van der Waals surface area contributed by atoms with Crippen LogP contribution in [0.25, 0.3) is 0 Å². The molecule has 9 heavy (non-hydrogen) atoms. The molecule has 0 fully saturated rings. The van der Waals surface area contributed by atoms with Crippen molar-refractivity contribution in [2.24, 2.45) is 0 Å². The number of rotatable bonds is 2. The highest BCUT2D eigenvalue weighted by molar-refractivity contribution is 7.99. The SMILES string of the molecule is CCC.CCSCC.S. The molecule has 0 aliphatic rings. The number of hydrogen-bond acceptors (Lipinski definition) is 1. The van der Waals surface area contributed by atoms with Gasteiger partial charge in [-0.15, -0.1) is 0 Å². The van der Waals surface area contributed by atoms with Crippen LogP contribution < -0.4 is 0 Å². The first kappa shape index (κ1) is 16.4. The first-order valence-electron chi connectivity index (χ1n) is 3.41. The maximum atomic E-state index is 2.17. The third-order valence-corrected chi connectivity index (χ3v) is 1.22. The zero-order valence-electron chi connectivity index (χ0n) is 7.03. The minimum atomic E-state index is 0. The van der Waals surface area contributed by atoms with Crippen LogP contribution in [0.4, 0.5) is 0 Å². The van der Waals surface area contributed by atoms with E-state index in [0.29, 0.717) is 0 Å². The Bertz CT molecular complexity index is 20.9. The molecule has 0 aromatic rings. The Morgan fingerprint density at radius 3 is 1.11 bits per heavy atom. The van der Waals surface area contributed by atoms with Crippen LogP contribution in [0.15, 0.2) is 0 Å². The average molecular weight is 168 g/mol. The fourth-order valence-electron chi connectivity index (χ4n) is 0.204. The highest BCUT2D eigenvalue weighted by Crippen LogP contribution is 1.93. The van der Waals surface area contributed by atoms with Crippen molar-refractivity contribution < 1.29 is 0 Å². The zero-order chi connectivity index (χ0) is 6.83. The molecule has 0 spiro atoms. The molecule has 2 heteroatoms. The molecule has 0 saturated heterocycles. The van der Waals surface area contributed by atoms with Gasteiger partial charge in [-0.05, 0) is 11.5 Å². The molecule has 0 aliphatic carbocycles. The van der Waals surface area contributed by atoms with E-state index in [9.17, 15) is 0 Å². The number of thioether (sulfide) groups is 1. The summed E-state index contributed by atoms with van der Waals surface area (Å²) in [4.78, 5) is 0. The standard InChI is InChI=1S/C4H10S.C3H8.H2S/c1-3-5-4-2;1-3-2;/h3-4H2,1-2H3;3H2,1-2H3;1H2. The second-order valence-corrected chi connectivity index (χ2v) is 3.05. The summed E-state index contributed by atoms with van der Waals surface area (Å²) < 4.78 is 0. The van der Waals surface area contributed by atoms with Crippen molar-refractivity contribution in [1.29, 1.82) is 0 Å². The lowest BCUT2D eigenvalue weighted by molar-refractivity contribution is 1.09. The number of hydrogen-bond donors (Lipinski definition) is 0. The van der Waals surface area contributed by atoms with Crippen molar-refractivity contribution in [3.63, 3.8) is 0 Å². The second kappa shape index (κ2) is 23.4. The highest BCUT2D eigenvalue weighted by atomic mass is 32.2. The molecular weight excluding hydrogens is 148 g/mol. The van der Waals surface area contributed by atoms with E-state index in [-0.39, 0.29) is 13.5 Å². The molecule has 0 aliphatic heterocycles. The van der Waals surface area contributed by atoms with E-state index >= 15 is 0 Å². The second-order valence-electron chi connectivity index (χ2n) is 1.49. The van der Waals surface area contributed by atoms with E-state index in [0.717, 1.165) is 0 Å². The van der Waals surface area contributed by atoms with Crippen molar-refractivity contribution in [2.45, 2.75) is 34.1 Å². The molecule has 0 nitrogen and oxygen atoms in total. The highest BCUT2D eigenvalue weighted by Gasteiger charge is 1.67. The van der Waals surface area contributed by atoms with Crippen LogP contribution in [0.2, 0.25) is 0 Å². The van der Waals surface area contributed by atoms with Gasteiger partial charge in [0.15, 0.2) is 0 Å². The molecule has 0 amide bonds. The molecule has 0 bridgehead atoms. The third kappa shape index (κ3) is 53.6. The normalized spacial score (nSPS) is 6.67. The third-order valence-electron chi connectivity index (χ3n) is 0.408. The minimum absolute atomic E-state index is 0. The molecule has 0 radical (unpaired) electrons. The predicted octanol–water partition coefficient (Wildman–Crippen LogP) is 3.29. The van der Waals surface area contributed by atoms with Gasteiger partial charge in [0.25, 0.3) is 0 Å². The fraction of sp³-hybridized carbons (Fsp3) is 1.00. The topological polar surface area (TPSA) is 0 Å². The van der Waals surface area contributed by atoms with Crippen LogP contribution in [-0.2, 0) is 0 Å². The van der Waals surface area contributed by atoms with Gasteiger partial charge in [-0.3, -0.25) is 0 Å². The summed E-state index contributed by atoms with van der Waals surface area (Å²) >= 11 is 1.96. The largest absolute Gasteiger partial charge is 0.197 e. The first-order chi connectivity index (χ1) is 3.83. The van der Waals surface area contributed by atoms with Gasteiger partial charge in [0.2, 0.25) is 0 Å². The fourth-order valence-corrected chi connectivity index (χ4v) is 0.612. The van der Waals surface area contributed by atoms with Gasteiger partial charge in [-0.25, -0.2) is 0 Å². The van der Waals surface area contributed by atoms with E-state index in [1.807, 2.05) is 11.8 Å². The molecule has 0 rings (SSSR count). The van der Waals surface area contributed by atoms with E-state index in [1.54, 1.807) is 0 Å². The maximum Gasteiger partial charge on any atom is -0.00961 e. The lowest BCUT2D eigenvalue weighted by atomic mass is 10.6. The molecule has 0 saturated carbocycles. The van der Waals surface area contributed by atoms with Gasteiger partial charge in [0.1, 0.15) is 0 Å². The summed E-state index contributed by atoms with van der Waals surface area (Å²) in [6, 6.07) is 0. The lowest BCUT2D eigenvalue weighted by Crippen LogP contribution is -1.64. The minimum Gasteiger partial charge on any atom is -0.197 e. The van der Waals surface area contributed by atoms with E-state index in [2.05, 4.69) is 27.7 Å². The summed E-state index contributed by atoms with van der Waals surface area (Å²) in [5.74, 6) is 2.52. The Kier molecular flexibility index (Phi) is 42.4. The van der Waals surface area contributed by atoms with Crippen LogP contribution in [0.3, 0.4) is 0 Å². The lowest BCUT2D eigenvalue weighted by Gasteiger charge is -1.80. The molecule has 0 N–H and O–H groups in total. The van der Waals surface area contributed by atoms with Crippen molar-refractivity contribution in [3.05, 3.63) is 0 Å². The van der Waals surface area contributed by atoms with Crippen molar-refractivity contribution >= 4 is 25.3 Å². The average Bonchev–Trinajstić information content (AvgIpc) is 1.71. The van der Waals surface area contributed by atoms with Gasteiger partial charge < -0.3 is 0 Å². The monoisotopic (exact) mass is 168 g/mol. The zero-order valence-corrected chi connectivity index (χ0v) is 8.85. The van der Waals surface area contributed by atoms with Crippen molar-refractivity contribution in [2.75, 3.05) is 11.5 Å². The summed E-state index contributed by atoms with van der Waals surface area (Å²) in [6.45, 7) is 8.60. The summed E-state index contributed by atoms with van der Waals surface area (Å²) in [7, 11) is 0. The van der Waals surface area contributed by atoms with Crippen LogP contribution in [-0.4, -0.2) is 11.5 Å². The van der Waals surface area contributed by atoms with Gasteiger partial charge >= 0.3 is 0 Å². The van der Waals surface area contributed by atoms with Crippen LogP contribution in [0.1, 0.15) is 34.1 Å². The Balaban J connectivity index is -0.0000000800. The molecule has 60 valence electrons. The Morgan fingerprint density at radius 1 is 0.889 bits per heavy atom. The molecular formula is C7H20S2. The van der Waals surface area contributed by atoms with E-state index < -0.39 is 0 Å². The molecule has 0 heterocycles. The predicted molar refractivity (Wildman–Crippen MR) is 55.0 cm³/mol. The summed E-state index contributed by atoms with van der Waals surface area (Å²) in [5.41, 5.74) is 0. The van der Waals surface area contributed by atoms with Crippen molar-refractivity contribution in [3.8, 4) is 0 Å². The van der Waals surface area contributed by atoms with E-state index in [1.165, 1.54) is 17.9 Å². The van der Waals surface area contributed by atoms with Gasteiger partial charge in [0, 0.05) is 0 Å². The molecule has 0 unspecified atom stereocenters. The Labute approximate surface area is 71.3 Å². The Hall–Kier alpha value is 0.700. The van der Waals surface area contributed by atoms with Gasteiger partial charge in [-0.1, -0.05) is 34.1 Å². The molecule has 0 atom stereocenters. The summed E-state index contributed by atoms with van der Waals surface area (Å²) in [5, 5.41) is 0. The van der Waals surface area contributed by atoms with E-state index in [4.69, 9.17) is 0 Å². The quantitative estimate of drug-likeness (QED) is 0.610. The van der Waals surface area contributed by atoms with Gasteiger partial charge in [0.05, 0.1) is 0 Å². The molecule has 0 aromatic carbocycles. The van der Waals surface area contributed by atoms with Crippen LogP contribution >= 0.6 is 25.3 Å². The Morgan fingerprint density at radius 2 is 1.11 bits per heavy atom. The molecule has 0 aromatic heterocycles. The van der Waals surface area contributed by atoms with Crippen LogP contribution in [0, 0.1) is 0 Å². The maximum absolute atomic E-state index is 2.17. The summed E-state index contributed by atoms with van der Waals surface area (Å²) in [6.07, 6.45) is 1.25. The van der Waals surface area contributed by atoms with Crippen LogP contribution in [0.5, 0.6) is 0 Å².